The standard InChI is InChI=1S/C20H21ClN4O4/c1-3-6-29-18-7-13(21)4-5-17(18)19(20(26)27)24-14-8-15(10-16(9-14)28-2)25-12-22-11-23-25/h4-5,7-12,19,24H,3,6H2,1-2H3,(H,26,27). The van der Waals surface area contributed by atoms with Gasteiger partial charge >= 0.3 is 5.97 Å². The summed E-state index contributed by atoms with van der Waals surface area (Å²) < 4.78 is 12.6. The summed E-state index contributed by atoms with van der Waals surface area (Å²) in [6.45, 7) is 2.42. The van der Waals surface area contributed by atoms with Crippen LogP contribution in [0.25, 0.3) is 5.69 Å². The van der Waals surface area contributed by atoms with Crippen LogP contribution in [0, 0.1) is 0 Å². The van der Waals surface area contributed by atoms with Crippen molar-refractivity contribution >= 4 is 23.3 Å². The number of rotatable bonds is 9. The van der Waals surface area contributed by atoms with Crippen molar-refractivity contribution in [2.24, 2.45) is 0 Å². The van der Waals surface area contributed by atoms with Crippen LogP contribution in [0.4, 0.5) is 5.69 Å². The van der Waals surface area contributed by atoms with Gasteiger partial charge in [-0.3, -0.25) is 0 Å². The molecular weight excluding hydrogens is 396 g/mol. The van der Waals surface area contributed by atoms with Crippen molar-refractivity contribution < 1.29 is 19.4 Å². The average Bonchev–Trinajstić information content (AvgIpc) is 3.25. The van der Waals surface area contributed by atoms with Crippen molar-refractivity contribution in [3.05, 3.63) is 59.6 Å². The Labute approximate surface area is 173 Å². The van der Waals surface area contributed by atoms with E-state index in [2.05, 4.69) is 15.4 Å². The maximum atomic E-state index is 12.1. The summed E-state index contributed by atoms with van der Waals surface area (Å²) in [6.07, 6.45) is 3.75. The molecule has 0 radical (unpaired) electrons. The first-order chi connectivity index (χ1) is 14.0. The van der Waals surface area contributed by atoms with Gasteiger partial charge in [0.25, 0.3) is 0 Å². The molecule has 8 nitrogen and oxygen atoms in total. The number of carboxylic acids is 1. The van der Waals surface area contributed by atoms with Gasteiger partial charge in [-0.2, -0.15) is 5.10 Å². The maximum Gasteiger partial charge on any atom is 0.330 e. The Bertz CT molecular complexity index is 979. The molecule has 0 amide bonds. The lowest BCUT2D eigenvalue weighted by Crippen LogP contribution is -2.21. The van der Waals surface area contributed by atoms with Crippen LogP contribution < -0.4 is 14.8 Å². The Morgan fingerprint density at radius 3 is 2.79 bits per heavy atom. The fourth-order valence-electron chi connectivity index (χ4n) is 2.78. The topological polar surface area (TPSA) is 98.5 Å². The summed E-state index contributed by atoms with van der Waals surface area (Å²) in [4.78, 5) is 16.0. The zero-order valence-corrected chi connectivity index (χ0v) is 16.8. The number of ether oxygens (including phenoxy) is 2. The van der Waals surface area contributed by atoms with Gasteiger partial charge in [-0.1, -0.05) is 24.6 Å². The van der Waals surface area contributed by atoms with Crippen LogP contribution in [0.5, 0.6) is 11.5 Å². The molecular formula is C20H21ClN4O4. The van der Waals surface area contributed by atoms with E-state index >= 15 is 0 Å². The number of benzene rings is 2. The normalized spacial score (nSPS) is 11.7. The fraction of sp³-hybridized carbons (Fsp3) is 0.250. The number of nitrogens with zero attached hydrogens (tertiary/aromatic N) is 3. The first-order valence-corrected chi connectivity index (χ1v) is 9.35. The van der Waals surface area contributed by atoms with E-state index in [0.717, 1.165) is 6.42 Å². The van der Waals surface area contributed by atoms with Crippen molar-refractivity contribution in [2.45, 2.75) is 19.4 Å². The SMILES string of the molecule is CCCOc1cc(Cl)ccc1C(Nc1cc(OC)cc(-n2cncn2)c1)C(=O)O. The molecule has 29 heavy (non-hydrogen) atoms. The lowest BCUT2D eigenvalue weighted by molar-refractivity contribution is -0.138. The molecule has 9 heteroatoms. The summed E-state index contributed by atoms with van der Waals surface area (Å²) in [6, 6.07) is 9.09. The van der Waals surface area contributed by atoms with E-state index in [9.17, 15) is 9.90 Å². The molecule has 2 aromatic carbocycles. The third kappa shape index (κ3) is 4.97. The monoisotopic (exact) mass is 416 g/mol. The Hall–Kier alpha value is -3.26. The number of methoxy groups -OCH3 is 1. The number of nitrogens with one attached hydrogen (secondary N) is 1. The fourth-order valence-corrected chi connectivity index (χ4v) is 2.94. The highest BCUT2D eigenvalue weighted by molar-refractivity contribution is 6.30. The molecule has 152 valence electrons. The predicted molar refractivity (Wildman–Crippen MR) is 109 cm³/mol. The molecule has 1 atom stereocenters. The minimum atomic E-state index is -1.06. The second-order valence-electron chi connectivity index (χ2n) is 6.21. The molecule has 0 saturated heterocycles. The summed E-state index contributed by atoms with van der Waals surface area (Å²) in [7, 11) is 1.54. The van der Waals surface area contributed by atoms with Gasteiger partial charge in [0.15, 0.2) is 6.04 Å². The molecule has 3 rings (SSSR count). The van der Waals surface area contributed by atoms with E-state index in [1.54, 1.807) is 47.4 Å². The Kier molecular flexibility index (Phi) is 6.56. The summed E-state index contributed by atoms with van der Waals surface area (Å²) in [5.74, 6) is -0.0827. The molecule has 2 N–H and O–H groups in total. The third-order valence-corrected chi connectivity index (χ3v) is 4.35. The number of hydrogen-bond donors (Lipinski definition) is 2. The van der Waals surface area contributed by atoms with E-state index < -0.39 is 12.0 Å². The molecule has 0 aliphatic heterocycles. The van der Waals surface area contributed by atoms with E-state index in [0.29, 0.717) is 40.1 Å². The van der Waals surface area contributed by atoms with Crippen molar-refractivity contribution in [3.8, 4) is 17.2 Å². The molecule has 3 aromatic rings. The summed E-state index contributed by atoms with van der Waals surface area (Å²) in [5, 5.41) is 17.5. The van der Waals surface area contributed by atoms with Gasteiger partial charge in [0.1, 0.15) is 24.2 Å². The van der Waals surface area contributed by atoms with Gasteiger partial charge in [-0.25, -0.2) is 14.5 Å². The van der Waals surface area contributed by atoms with E-state index in [-0.39, 0.29) is 0 Å². The Balaban J connectivity index is 1.98. The highest BCUT2D eigenvalue weighted by Crippen LogP contribution is 2.33. The zero-order chi connectivity index (χ0) is 20.8. The first-order valence-electron chi connectivity index (χ1n) is 8.97. The molecule has 0 fully saturated rings. The van der Waals surface area contributed by atoms with Crippen LogP contribution >= 0.6 is 11.6 Å². The minimum Gasteiger partial charge on any atom is -0.497 e. The minimum absolute atomic E-state index is 0.429. The van der Waals surface area contributed by atoms with E-state index in [4.69, 9.17) is 21.1 Å². The molecule has 1 heterocycles. The second-order valence-corrected chi connectivity index (χ2v) is 6.64. The van der Waals surface area contributed by atoms with E-state index in [1.807, 2.05) is 6.92 Å². The first kappa shape index (κ1) is 20.5. The number of carboxylic acid groups (broad SMARTS) is 1. The number of carbonyl (C=O) groups is 1. The van der Waals surface area contributed by atoms with Crippen LogP contribution in [-0.2, 0) is 4.79 Å². The largest absolute Gasteiger partial charge is 0.497 e. The average molecular weight is 417 g/mol. The van der Waals surface area contributed by atoms with Gasteiger partial charge in [0.2, 0.25) is 0 Å². The molecule has 0 bridgehead atoms. The lowest BCUT2D eigenvalue weighted by atomic mass is 10.0. The molecule has 0 aliphatic rings. The van der Waals surface area contributed by atoms with Gasteiger partial charge in [-0.15, -0.1) is 0 Å². The molecule has 1 aromatic heterocycles. The highest BCUT2D eigenvalue weighted by Gasteiger charge is 2.24. The summed E-state index contributed by atoms with van der Waals surface area (Å²) >= 11 is 6.08. The highest BCUT2D eigenvalue weighted by atomic mass is 35.5. The maximum absolute atomic E-state index is 12.1. The number of aromatic nitrogens is 3. The number of aliphatic carboxylic acids is 1. The van der Waals surface area contributed by atoms with Crippen molar-refractivity contribution in [3.63, 3.8) is 0 Å². The van der Waals surface area contributed by atoms with Gasteiger partial charge < -0.3 is 19.9 Å². The van der Waals surface area contributed by atoms with E-state index in [1.165, 1.54) is 13.4 Å². The molecule has 0 saturated carbocycles. The van der Waals surface area contributed by atoms with Crippen molar-refractivity contribution in [1.82, 2.24) is 14.8 Å². The van der Waals surface area contributed by atoms with Crippen LogP contribution in [0.3, 0.4) is 0 Å². The zero-order valence-electron chi connectivity index (χ0n) is 16.0. The van der Waals surface area contributed by atoms with Crippen molar-refractivity contribution in [2.75, 3.05) is 19.0 Å². The number of anilines is 1. The van der Waals surface area contributed by atoms with Crippen LogP contribution in [-0.4, -0.2) is 39.6 Å². The quantitative estimate of drug-likeness (QED) is 0.544. The molecule has 0 spiro atoms. The summed E-state index contributed by atoms with van der Waals surface area (Å²) in [5.41, 5.74) is 1.69. The Morgan fingerprint density at radius 1 is 1.31 bits per heavy atom. The number of halogens is 1. The van der Waals surface area contributed by atoms with Gasteiger partial charge in [0, 0.05) is 28.4 Å². The van der Waals surface area contributed by atoms with Gasteiger partial charge in [-0.05, 0) is 24.6 Å². The molecule has 0 aliphatic carbocycles. The molecule has 1 unspecified atom stereocenters. The van der Waals surface area contributed by atoms with Crippen LogP contribution in [0.1, 0.15) is 24.9 Å². The second kappa shape index (κ2) is 9.29. The Morgan fingerprint density at radius 2 is 2.14 bits per heavy atom. The number of hydrogen-bond acceptors (Lipinski definition) is 6. The van der Waals surface area contributed by atoms with Crippen LogP contribution in [0.15, 0.2) is 49.1 Å². The van der Waals surface area contributed by atoms with Crippen LogP contribution in [0.2, 0.25) is 5.02 Å². The third-order valence-electron chi connectivity index (χ3n) is 4.12. The van der Waals surface area contributed by atoms with Crippen molar-refractivity contribution in [1.29, 1.82) is 0 Å². The lowest BCUT2D eigenvalue weighted by Gasteiger charge is -2.20. The van der Waals surface area contributed by atoms with Gasteiger partial charge in [0.05, 0.1) is 19.4 Å². The predicted octanol–water partition coefficient (Wildman–Crippen LogP) is 3.96. The smallest absolute Gasteiger partial charge is 0.330 e.